The van der Waals surface area contributed by atoms with Crippen LogP contribution in [0.3, 0.4) is 0 Å². The van der Waals surface area contributed by atoms with Crippen LogP contribution in [0.2, 0.25) is 10.0 Å². The Morgan fingerprint density at radius 2 is 1.94 bits per heavy atom. The van der Waals surface area contributed by atoms with E-state index in [0.717, 1.165) is 12.1 Å². The Labute approximate surface area is 203 Å². The zero-order valence-corrected chi connectivity index (χ0v) is 19.6. The zero-order valence-electron chi connectivity index (χ0n) is 18.1. The number of hydrazine groups is 1. The van der Waals surface area contributed by atoms with Crippen LogP contribution in [-0.2, 0) is 10.4 Å². The molecule has 0 aliphatic carbocycles. The molecule has 0 bridgehead atoms. The number of oxime groups is 1. The minimum atomic E-state index is -4.80. The second-order valence-electron chi connectivity index (χ2n) is 8.35. The number of carbonyl (C=O) groups is 1. The average Bonchev–Trinajstić information content (AvgIpc) is 3.31. The van der Waals surface area contributed by atoms with E-state index in [9.17, 15) is 23.1 Å². The Kier molecular flexibility index (Phi) is 6.56. The van der Waals surface area contributed by atoms with E-state index in [0.29, 0.717) is 23.2 Å². The Hall–Kier alpha value is -2.37. The number of rotatable bonds is 4. The van der Waals surface area contributed by atoms with Gasteiger partial charge in [-0.25, -0.2) is 10.4 Å². The van der Waals surface area contributed by atoms with Gasteiger partial charge in [0.2, 0.25) is 0 Å². The predicted octanol–water partition coefficient (Wildman–Crippen LogP) is 3.75. The molecule has 2 aliphatic rings. The van der Waals surface area contributed by atoms with E-state index in [-0.39, 0.29) is 21.3 Å². The highest BCUT2D eigenvalue weighted by molar-refractivity contribution is 6.34. The van der Waals surface area contributed by atoms with Gasteiger partial charge >= 0.3 is 6.18 Å². The highest BCUT2D eigenvalue weighted by atomic mass is 35.5. The zero-order chi connectivity index (χ0) is 24.8. The van der Waals surface area contributed by atoms with Gasteiger partial charge < -0.3 is 15.3 Å². The Bertz CT molecular complexity index is 1140. The van der Waals surface area contributed by atoms with E-state index in [1.54, 1.807) is 25.0 Å². The maximum Gasteiger partial charge on any atom is 0.435 e. The standard InChI is InChI=1S/C22H21Cl2F3N4O3/c1-11-5-12(3-4-16(11)19(32)28-18-10-31(2)29-20(18)33)17-9-21(34-30-17,22(25,26)27)13-6-14(23)8-15(24)7-13/h3-8,18,20,29,33H,9-10H2,1-2H3,(H,28,32). The van der Waals surface area contributed by atoms with Crippen molar-refractivity contribution in [2.75, 3.05) is 13.6 Å². The molecule has 0 spiro atoms. The number of carbonyl (C=O) groups excluding carboxylic acids is 1. The number of hydrogen-bond acceptors (Lipinski definition) is 6. The van der Waals surface area contributed by atoms with E-state index in [4.69, 9.17) is 28.0 Å². The molecule has 2 aliphatic heterocycles. The van der Waals surface area contributed by atoms with Gasteiger partial charge in [0.05, 0.1) is 11.8 Å². The SMILES string of the molecule is Cc1cc(C2=NOC(c3cc(Cl)cc(Cl)c3)(C(F)(F)F)C2)ccc1C(=O)NC1CN(C)NC1O. The lowest BCUT2D eigenvalue weighted by Gasteiger charge is -2.29. The third-order valence-electron chi connectivity index (χ3n) is 5.84. The molecule has 0 saturated carbocycles. The summed E-state index contributed by atoms with van der Waals surface area (Å²) >= 11 is 11.9. The van der Waals surface area contributed by atoms with Crippen molar-refractivity contribution in [1.29, 1.82) is 0 Å². The molecule has 3 unspecified atom stereocenters. The minimum Gasteiger partial charge on any atom is -0.375 e. The topological polar surface area (TPSA) is 86.2 Å². The summed E-state index contributed by atoms with van der Waals surface area (Å²) in [6, 6.07) is 7.72. The van der Waals surface area contributed by atoms with Crippen LogP contribution >= 0.6 is 23.2 Å². The van der Waals surface area contributed by atoms with E-state index >= 15 is 0 Å². The summed E-state index contributed by atoms with van der Waals surface area (Å²) in [5.74, 6) is -0.409. The molecule has 2 aromatic carbocycles. The van der Waals surface area contributed by atoms with E-state index in [2.05, 4.69) is 15.9 Å². The number of alkyl halides is 3. The number of likely N-dealkylation sites (N-methyl/N-ethyl adjacent to an activating group) is 1. The van der Waals surface area contributed by atoms with E-state index in [1.165, 1.54) is 18.2 Å². The van der Waals surface area contributed by atoms with Crippen molar-refractivity contribution >= 4 is 34.8 Å². The number of hydrogen-bond donors (Lipinski definition) is 3. The number of aliphatic hydroxyl groups is 1. The van der Waals surface area contributed by atoms with Crippen LogP contribution in [0.15, 0.2) is 41.6 Å². The third-order valence-corrected chi connectivity index (χ3v) is 6.28. The smallest absolute Gasteiger partial charge is 0.375 e. The summed E-state index contributed by atoms with van der Waals surface area (Å²) in [5.41, 5.74) is 1.08. The van der Waals surface area contributed by atoms with Crippen LogP contribution in [0, 0.1) is 6.92 Å². The number of benzene rings is 2. The summed E-state index contributed by atoms with van der Waals surface area (Å²) in [4.78, 5) is 17.7. The van der Waals surface area contributed by atoms with E-state index in [1.807, 2.05) is 0 Å². The van der Waals surface area contributed by atoms with Crippen LogP contribution in [-0.4, -0.2) is 53.8 Å². The van der Waals surface area contributed by atoms with Gasteiger partial charge in [-0.15, -0.1) is 0 Å². The monoisotopic (exact) mass is 516 g/mol. The second kappa shape index (κ2) is 9.01. The molecule has 1 fully saturated rings. The third kappa shape index (κ3) is 4.60. The first-order chi connectivity index (χ1) is 15.9. The Morgan fingerprint density at radius 1 is 1.26 bits per heavy atom. The molecule has 182 valence electrons. The molecule has 3 N–H and O–H groups in total. The molecule has 34 heavy (non-hydrogen) atoms. The highest BCUT2D eigenvalue weighted by Gasteiger charge is 2.62. The van der Waals surface area contributed by atoms with Crippen LogP contribution < -0.4 is 10.7 Å². The molecular formula is C22H21Cl2F3N4O3. The van der Waals surface area contributed by atoms with Gasteiger partial charge in [-0.2, -0.15) is 13.2 Å². The maximum atomic E-state index is 14.2. The lowest BCUT2D eigenvalue weighted by molar-refractivity contribution is -0.275. The van der Waals surface area contributed by atoms with Gasteiger partial charge in [0, 0.05) is 41.2 Å². The van der Waals surface area contributed by atoms with Crippen LogP contribution in [0.25, 0.3) is 0 Å². The fourth-order valence-corrected chi connectivity index (χ4v) is 4.60. The Morgan fingerprint density at radius 3 is 2.50 bits per heavy atom. The fraction of sp³-hybridized carbons (Fsp3) is 0.364. The van der Waals surface area contributed by atoms with Crippen molar-refractivity contribution in [3.05, 3.63) is 68.7 Å². The van der Waals surface area contributed by atoms with Crippen LogP contribution in [0.1, 0.15) is 33.5 Å². The minimum absolute atomic E-state index is 0.0446. The van der Waals surface area contributed by atoms with Gasteiger partial charge in [-0.05, 0) is 48.4 Å². The number of amides is 1. The van der Waals surface area contributed by atoms with Crippen molar-refractivity contribution in [2.24, 2.45) is 5.16 Å². The fourth-order valence-electron chi connectivity index (χ4n) is 4.08. The summed E-state index contributed by atoms with van der Waals surface area (Å²) in [5, 5.41) is 18.2. The lowest BCUT2D eigenvalue weighted by atomic mass is 9.86. The van der Waals surface area contributed by atoms with Crippen molar-refractivity contribution in [3.8, 4) is 0 Å². The van der Waals surface area contributed by atoms with Crippen molar-refractivity contribution in [2.45, 2.75) is 37.4 Å². The normalized spacial score (nSPS) is 25.2. The number of aliphatic hydroxyl groups excluding tert-OH is 1. The molecule has 12 heteroatoms. The summed E-state index contributed by atoms with van der Waals surface area (Å²) in [7, 11) is 1.73. The summed E-state index contributed by atoms with van der Waals surface area (Å²) in [6.07, 6.45) is -6.32. The molecular weight excluding hydrogens is 496 g/mol. The number of halogens is 5. The number of nitrogens with zero attached hydrogens (tertiary/aromatic N) is 2. The molecule has 2 heterocycles. The van der Waals surface area contributed by atoms with Gasteiger partial charge in [0.25, 0.3) is 11.5 Å². The largest absolute Gasteiger partial charge is 0.435 e. The number of aryl methyl sites for hydroxylation is 1. The molecule has 0 radical (unpaired) electrons. The van der Waals surface area contributed by atoms with Crippen LogP contribution in [0.5, 0.6) is 0 Å². The predicted molar refractivity (Wildman–Crippen MR) is 121 cm³/mol. The van der Waals surface area contributed by atoms with Gasteiger partial charge in [0.15, 0.2) is 0 Å². The second-order valence-corrected chi connectivity index (χ2v) is 9.23. The maximum absolute atomic E-state index is 14.2. The number of nitrogens with one attached hydrogen (secondary N) is 2. The van der Waals surface area contributed by atoms with Gasteiger partial charge in [0.1, 0.15) is 6.23 Å². The molecule has 4 rings (SSSR count). The van der Waals surface area contributed by atoms with Crippen molar-refractivity contribution in [1.82, 2.24) is 15.8 Å². The molecule has 1 amide bonds. The summed E-state index contributed by atoms with van der Waals surface area (Å²) in [6.45, 7) is 2.07. The first-order valence-electron chi connectivity index (χ1n) is 10.3. The molecule has 2 aromatic rings. The van der Waals surface area contributed by atoms with Crippen molar-refractivity contribution in [3.63, 3.8) is 0 Å². The Balaban J connectivity index is 1.57. The van der Waals surface area contributed by atoms with Crippen LogP contribution in [0.4, 0.5) is 13.2 Å². The molecule has 3 atom stereocenters. The van der Waals surface area contributed by atoms with E-state index < -0.39 is 36.4 Å². The first kappa shape index (κ1) is 24.7. The van der Waals surface area contributed by atoms with Gasteiger partial charge in [-0.3, -0.25) is 4.79 Å². The molecule has 0 aromatic heterocycles. The van der Waals surface area contributed by atoms with Crippen molar-refractivity contribution < 1.29 is 27.9 Å². The quantitative estimate of drug-likeness (QED) is 0.576. The summed E-state index contributed by atoms with van der Waals surface area (Å²) < 4.78 is 42.6. The molecule has 7 nitrogen and oxygen atoms in total. The lowest BCUT2D eigenvalue weighted by Crippen LogP contribution is -2.44. The highest BCUT2D eigenvalue weighted by Crippen LogP contribution is 2.49. The first-order valence-corrected chi connectivity index (χ1v) is 11.0. The van der Waals surface area contributed by atoms with Gasteiger partial charge in [-0.1, -0.05) is 34.4 Å². The average molecular weight is 517 g/mol. The molecule has 1 saturated heterocycles.